The Morgan fingerprint density at radius 3 is 2.80 bits per heavy atom. The Kier molecular flexibility index (Phi) is 3.48. The van der Waals surface area contributed by atoms with Crippen LogP contribution in [0.15, 0.2) is 48.7 Å². The summed E-state index contributed by atoms with van der Waals surface area (Å²) in [6.45, 7) is 0.642. The van der Waals surface area contributed by atoms with Crippen LogP contribution in [0.3, 0.4) is 0 Å². The zero-order chi connectivity index (χ0) is 13.9. The molecular formula is C16H17N3O. The van der Waals surface area contributed by atoms with E-state index in [9.17, 15) is 4.79 Å². The van der Waals surface area contributed by atoms with Crippen LogP contribution in [0.1, 0.15) is 22.7 Å². The Morgan fingerprint density at radius 2 is 2.05 bits per heavy atom. The van der Waals surface area contributed by atoms with Gasteiger partial charge in [-0.25, -0.2) is 0 Å². The fraction of sp³-hybridized carbons (Fsp3) is 0.250. The first-order valence-electron chi connectivity index (χ1n) is 6.76. The zero-order valence-corrected chi connectivity index (χ0v) is 11.1. The van der Waals surface area contributed by atoms with E-state index in [1.54, 1.807) is 6.20 Å². The average Bonchev–Trinajstić information content (AvgIpc) is 2.84. The quantitative estimate of drug-likeness (QED) is 0.879. The highest BCUT2D eigenvalue weighted by Crippen LogP contribution is 2.33. The van der Waals surface area contributed by atoms with Gasteiger partial charge in [0.25, 0.3) is 0 Å². The van der Waals surface area contributed by atoms with E-state index in [4.69, 9.17) is 5.73 Å². The van der Waals surface area contributed by atoms with E-state index < -0.39 is 0 Å². The topological polar surface area (TPSA) is 68.0 Å². The Balaban J connectivity index is 1.76. The van der Waals surface area contributed by atoms with Crippen LogP contribution in [0.25, 0.3) is 0 Å². The molecule has 1 amide bonds. The molecule has 1 aromatic carbocycles. The van der Waals surface area contributed by atoms with E-state index in [1.807, 2.05) is 36.4 Å². The number of hydrogen-bond acceptors (Lipinski definition) is 3. The maximum atomic E-state index is 11.8. The van der Waals surface area contributed by atoms with Crippen LogP contribution < -0.4 is 11.1 Å². The molecule has 1 aliphatic rings. The second kappa shape index (κ2) is 5.43. The summed E-state index contributed by atoms with van der Waals surface area (Å²) in [6.07, 6.45) is 2.60. The standard InChI is InChI=1S/C16H17N3O/c17-16(20)15-13-7-2-1-5-11(13)9-14(15)19-10-12-6-3-4-8-18-12/h1-8,14-15,19H,9-10H2,(H2,17,20)/t14-,15?/m0/s1. The van der Waals surface area contributed by atoms with E-state index in [-0.39, 0.29) is 17.9 Å². The molecule has 20 heavy (non-hydrogen) atoms. The van der Waals surface area contributed by atoms with Crippen molar-refractivity contribution in [2.45, 2.75) is 24.9 Å². The Labute approximate surface area is 118 Å². The summed E-state index contributed by atoms with van der Waals surface area (Å²) in [5.74, 6) is -0.525. The molecule has 3 N–H and O–H groups in total. The molecule has 0 fully saturated rings. The number of carbonyl (C=O) groups excluding carboxylic acids is 1. The first kappa shape index (κ1) is 12.8. The summed E-state index contributed by atoms with van der Waals surface area (Å²) in [7, 11) is 0. The second-order valence-electron chi connectivity index (χ2n) is 5.09. The molecule has 1 aliphatic carbocycles. The van der Waals surface area contributed by atoms with Crippen molar-refractivity contribution in [3.8, 4) is 0 Å². The van der Waals surface area contributed by atoms with Crippen molar-refractivity contribution in [1.29, 1.82) is 0 Å². The number of primary amides is 1. The number of amides is 1. The zero-order valence-electron chi connectivity index (χ0n) is 11.1. The van der Waals surface area contributed by atoms with Crippen LogP contribution in [-0.2, 0) is 17.8 Å². The van der Waals surface area contributed by atoms with Gasteiger partial charge in [-0.2, -0.15) is 0 Å². The molecule has 4 heteroatoms. The fourth-order valence-corrected chi connectivity index (χ4v) is 2.87. The summed E-state index contributed by atoms with van der Waals surface area (Å²) in [4.78, 5) is 16.0. The van der Waals surface area contributed by atoms with Gasteiger partial charge < -0.3 is 11.1 Å². The molecule has 0 bridgehead atoms. The van der Waals surface area contributed by atoms with Gasteiger partial charge >= 0.3 is 0 Å². The number of nitrogens with zero attached hydrogens (tertiary/aromatic N) is 1. The third-order valence-electron chi connectivity index (χ3n) is 3.81. The lowest BCUT2D eigenvalue weighted by Crippen LogP contribution is -2.38. The van der Waals surface area contributed by atoms with Gasteiger partial charge in [0, 0.05) is 18.8 Å². The van der Waals surface area contributed by atoms with Crippen molar-refractivity contribution in [1.82, 2.24) is 10.3 Å². The van der Waals surface area contributed by atoms with Gasteiger partial charge in [0.1, 0.15) is 0 Å². The number of fused-ring (bicyclic) bond motifs is 1. The molecule has 1 aromatic heterocycles. The number of nitrogens with two attached hydrogens (primary N) is 1. The summed E-state index contributed by atoms with van der Waals surface area (Å²) >= 11 is 0. The van der Waals surface area contributed by atoms with Crippen LogP contribution in [0.5, 0.6) is 0 Å². The van der Waals surface area contributed by atoms with Crippen molar-refractivity contribution in [3.05, 3.63) is 65.5 Å². The highest BCUT2D eigenvalue weighted by Gasteiger charge is 2.35. The number of benzene rings is 1. The van der Waals surface area contributed by atoms with Crippen LogP contribution in [-0.4, -0.2) is 16.9 Å². The van der Waals surface area contributed by atoms with Crippen LogP contribution in [0.2, 0.25) is 0 Å². The molecule has 102 valence electrons. The number of aromatic nitrogens is 1. The average molecular weight is 267 g/mol. The summed E-state index contributed by atoms with van der Waals surface area (Å²) in [5, 5.41) is 3.41. The highest BCUT2D eigenvalue weighted by atomic mass is 16.1. The summed E-state index contributed by atoms with van der Waals surface area (Å²) in [6, 6.07) is 13.9. The van der Waals surface area contributed by atoms with Crippen LogP contribution in [0.4, 0.5) is 0 Å². The summed E-state index contributed by atoms with van der Waals surface area (Å²) < 4.78 is 0. The Bertz CT molecular complexity index is 612. The molecule has 1 heterocycles. The number of carbonyl (C=O) groups is 1. The first-order chi connectivity index (χ1) is 9.75. The maximum absolute atomic E-state index is 11.8. The smallest absolute Gasteiger partial charge is 0.226 e. The first-order valence-corrected chi connectivity index (χ1v) is 6.76. The van der Waals surface area contributed by atoms with Crippen molar-refractivity contribution in [2.24, 2.45) is 5.73 Å². The molecule has 3 rings (SSSR count). The molecule has 0 saturated carbocycles. The van der Waals surface area contributed by atoms with E-state index in [1.165, 1.54) is 5.56 Å². The lowest BCUT2D eigenvalue weighted by atomic mass is 9.97. The largest absolute Gasteiger partial charge is 0.369 e. The van der Waals surface area contributed by atoms with Crippen LogP contribution in [0, 0.1) is 0 Å². The Morgan fingerprint density at radius 1 is 1.25 bits per heavy atom. The fourth-order valence-electron chi connectivity index (χ4n) is 2.87. The number of rotatable bonds is 4. The number of pyridine rings is 1. The minimum Gasteiger partial charge on any atom is -0.369 e. The molecule has 0 aliphatic heterocycles. The monoisotopic (exact) mass is 267 g/mol. The molecule has 0 saturated heterocycles. The van der Waals surface area contributed by atoms with Crippen molar-refractivity contribution in [2.75, 3.05) is 0 Å². The van der Waals surface area contributed by atoms with Crippen molar-refractivity contribution in [3.63, 3.8) is 0 Å². The normalized spacial score (nSPS) is 20.6. The molecule has 4 nitrogen and oxygen atoms in total. The van der Waals surface area contributed by atoms with Gasteiger partial charge in [-0.1, -0.05) is 30.3 Å². The van der Waals surface area contributed by atoms with E-state index in [2.05, 4.69) is 16.4 Å². The highest BCUT2D eigenvalue weighted by molar-refractivity contribution is 5.84. The molecule has 1 unspecified atom stereocenters. The molecule has 2 aromatic rings. The minimum absolute atomic E-state index is 0.0481. The lowest BCUT2D eigenvalue weighted by molar-refractivity contribution is -0.119. The van der Waals surface area contributed by atoms with Crippen molar-refractivity contribution >= 4 is 5.91 Å². The van der Waals surface area contributed by atoms with Gasteiger partial charge in [-0.3, -0.25) is 9.78 Å². The third-order valence-corrected chi connectivity index (χ3v) is 3.81. The number of hydrogen-bond donors (Lipinski definition) is 2. The third kappa shape index (κ3) is 2.42. The lowest BCUT2D eigenvalue weighted by Gasteiger charge is -2.18. The predicted molar refractivity (Wildman–Crippen MR) is 76.9 cm³/mol. The van der Waals surface area contributed by atoms with E-state index in [0.717, 1.165) is 17.7 Å². The molecule has 0 spiro atoms. The molecule has 2 atom stereocenters. The SMILES string of the molecule is NC(=O)C1c2ccccc2C[C@@H]1NCc1ccccn1. The van der Waals surface area contributed by atoms with Gasteiger partial charge in [0.05, 0.1) is 11.6 Å². The van der Waals surface area contributed by atoms with Gasteiger partial charge in [0.15, 0.2) is 0 Å². The van der Waals surface area contributed by atoms with E-state index >= 15 is 0 Å². The number of nitrogens with one attached hydrogen (secondary N) is 1. The van der Waals surface area contributed by atoms with E-state index in [0.29, 0.717) is 6.54 Å². The predicted octanol–water partition coefficient (Wildman–Crippen LogP) is 1.36. The van der Waals surface area contributed by atoms with Crippen LogP contribution >= 0.6 is 0 Å². The van der Waals surface area contributed by atoms with Gasteiger partial charge in [-0.15, -0.1) is 0 Å². The Hall–Kier alpha value is -2.20. The molecule has 0 radical (unpaired) electrons. The minimum atomic E-state index is -0.270. The molecular weight excluding hydrogens is 250 g/mol. The maximum Gasteiger partial charge on any atom is 0.226 e. The summed E-state index contributed by atoms with van der Waals surface area (Å²) in [5.41, 5.74) is 8.80. The van der Waals surface area contributed by atoms with Gasteiger partial charge in [-0.05, 0) is 29.7 Å². The second-order valence-corrected chi connectivity index (χ2v) is 5.09. The van der Waals surface area contributed by atoms with Crippen molar-refractivity contribution < 1.29 is 4.79 Å². The van der Waals surface area contributed by atoms with Gasteiger partial charge in [0.2, 0.25) is 5.91 Å².